The molecule has 160 valence electrons. The summed E-state index contributed by atoms with van der Waals surface area (Å²) in [6.07, 6.45) is 3.57. The molecule has 31 heavy (non-hydrogen) atoms. The second-order valence-electron chi connectivity index (χ2n) is 7.94. The Labute approximate surface area is 184 Å². The van der Waals surface area contributed by atoms with Crippen molar-refractivity contribution in [3.05, 3.63) is 53.4 Å². The van der Waals surface area contributed by atoms with Gasteiger partial charge in [0.05, 0.1) is 13.2 Å². The third-order valence-corrected chi connectivity index (χ3v) is 6.61. The van der Waals surface area contributed by atoms with Crippen molar-refractivity contribution in [2.24, 2.45) is 0 Å². The molecule has 0 saturated carbocycles. The second-order valence-corrected chi connectivity index (χ2v) is 8.95. The molecule has 0 atom stereocenters. The lowest BCUT2D eigenvalue weighted by Gasteiger charge is -2.26. The van der Waals surface area contributed by atoms with Crippen molar-refractivity contribution in [1.29, 1.82) is 0 Å². The summed E-state index contributed by atoms with van der Waals surface area (Å²) < 4.78 is 7.36. The SMILES string of the molecule is CC(C)c1nnc(-c2cccc(Nc3ncnn4ccc(CN5CCOCC5)c34)c2)s1. The molecule has 0 amide bonds. The molecule has 0 bridgehead atoms. The minimum Gasteiger partial charge on any atom is -0.379 e. The van der Waals surface area contributed by atoms with E-state index in [1.807, 2.05) is 22.8 Å². The van der Waals surface area contributed by atoms with E-state index in [1.165, 1.54) is 5.56 Å². The smallest absolute Gasteiger partial charge is 0.158 e. The van der Waals surface area contributed by atoms with Crippen molar-refractivity contribution in [1.82, 2.24) is 29.7 Å². The standard InChI is InChI=1S/C22H25N7OS/c1-15(2)21-26-27-22(31-21)16-4-3-5-18(12-16)25-20-19-17(6-7-29(19)24-14-23-20)13-28-8-10-30-11-9-28/h3-7,12,14-15H,8-11,13H2,1-2H3,(H,23,24,25). The van der Waals surface area contributed by atoms with Gasteiger partial charge in [-0.15, -0.1) is 10.2 Å². The van der Waals surface area contributed by atoms with E-state index in [4.69, 9.17) is 4.74 Å². The fourth-order valence-corrected chi connectivity index (χ4v) is 4.53. The molecule has 5 rings (SSSR count). The van der Waals surface area contributed by atoms with Gasteiger partial charge in [0.15, 0.2) is 5.82 Å². The molecule has 1 aliphatic heterocycles. The number of nitrogens with zero attached hydrogens (tertiary/aromatic N) is 6. The molecule has 0 aliphatic carbocycles. The van der Waals surface area contributed by atoms with Crippen LogP contribution >= 0.6 is 11.3 Å². The van der Waals surface area contributed by atoms with E-state index in [-0.39, 0.29) is 0 Å². The predicted molar refractivity (Wildman–Crippen MR) is 122 cm³/mol. The maximum absolute atomic E-state index is 5.48. The summed E-state index contributed by atoms with van der Waals surface area (Å²) in [5.74, 6) is 1.17. The molecular weight excluding hydrogens is 410 g/mol. The Kier molecular flexibility index (Phi) is 5.63. The van der Waals surface area contributed by atoms with Gasteiger partial charge in [0, 0.05) is 43.0 Å². The molecule has 4 heterocycles. The molecular formula is C22H25N7OS. The number of benzene rings is 1. The van der Waals surface area contributed by atoms with Crippen molar-refractivity contribution >= 4 is 28.4 Å². The highest BCUT2D eigenvalue weighted by Crippen LogP contribution is 2.30. The largest absolute Gasteiger partial charge is 0.379 e. The summed E-state index contributed by atoms with van der Waals surface area (Å²) in [6.45, 7) is 8.56. The van der Waals surface area contributed by atoms with Crippen molar-refractivity contribution in [3.63, 3.8) is 0 Å². The molecule has 4 aromatic rings. The number of ether oxygens (including phenoxy) is 1. The molecule has 3 aromatic heterocycles. The Bertz CT molecular complexity index is 1180. The first-order chi connectivity index (χ1) is 15.2. The number of fused-ring (bicyclic) bond motifs is 1. The number of nitrogens with one attached hydrogen (secondary N) is 1. The Hall–Kier alpha value is -2.88. The van der Waals surface area contributed by atoms with E-state index < -0.39 is 0 Å². The van der Waals surface area contributed by atoms with Crippen LogP contribution in [0.5, 0.6) is 0 Å². The third kappa shape index (κ3) is 4.30. The predicted octanol–water partition coefficient (Wildman–Crippen LogP) is 3.95. The number of aromatic nitrogens is 5. The zero-order chi connectivity index (χ0) is 21.2. The van der Waals surface area contributed by atoms with Gasteiger partial charge in [-0.25, -0.2) is 9.50 Å². The van der Waals surface area contributed by atoms with Gasteiger partial charge >= 0.3 is 0 Å². The van der Waals surface area contributed by atoms with E-state index in [1.54, 1.807) is 17.7 Å². The van der Waals surface area contributed by atoms with Crippen LogP contribution in [0.2, 0.25) is 0 Å². The minimum atomic E-state index is 0.376. The van der Waals surface area contributed by atoms with E-state index >= 15 is 0 Å². The van der Waals surface area contributed by atoms with Gasteiger partial charge in [-0.05, 0) is 23.8 Å². The van der Waals surface area contributed by atoms with Crippen LogP contribution in [-0.4, -0.2) is 56.0 Å². The maximum Gasteiger partial charge on any atom is 0.158 e. The Balaban J connectivity index is 1.43. The molecule has 8 nitrogen and oxygen atoms in total. The van der Waals surface area contributed by atoms with Gasteiger partial charge in [0.2, 0.25) is 0 Å². The van der Waals surface area contributed by atoms with E-state index in [0.29, 0.717) is 5.92 Å². The topological polar surface area (TPSA) is 80.5 Å². The van der Waals surface area contributed by atoms with Crippen LogP contribution in [0.15, 0.2) is 42.9 Å². The molecule has 9 heteroatoms. The molecule has 1 aliphatic rings. The summed E-state index contributed by atoms with van der Waals surface area (Å²) >= 11 is 1.64. The van der Waals surface area contributed by atoms with Crippen LogP contribution in [0.3, 0.4) is 0 Å². The van der Waals surface area contributed by atoms with Crippen LogP contribution < -0.4 is 5.32 Å². The lowest BCUT2D eigenvalue weighted by molar-refractivity contribution is 0.0344. The number of hydrogen-bond donors (Lipinski definition) is 1. The quantitative estimate of drug-likeness (QED) is 0.491. The molecule has 1 aromatic carbocycles. The normalized spacial score (nSPS) is 15.1. The van der Waals surface area contributed by atoms with Crippen molar-refractivity contribution < 1.29 is 4.74 Å². The first-order valence-electron chi connectivity index (χ1n) is 10.5. The van der Waals surface area contributed by atoms with Gasteiger partial charge in [-0.2, -0.15) is 5.10 Å². The Morgan fingerprint density at radius 1 is 1.16 bits per heavy atom. The minimum absolute atomic E-state index is 0.376. The fraction of sp³-hybridized carbons (Fsp3) is 0.364. The number of morpholine rings is 1. The number of hydrogen-bond acceptors (Lipinski definition) is 8. The van der Waals surface area contributed by atoms with Gasteiger partial charge in [-0.3, -0.25) is 4.90 Å². The highest BCUT2D eigenvalue weighted by atomic mass is 32.1. The zero-order valence-electron chi connectivity index (χ0n) is 17.7. The van der Waals surface area contributed by atoms with Gasteiger partial charge < -0.3 is 10.1 Å². The van der Waals surface area contributed by atoms with Gasteiger partial charge in [-0.1, -0.05) is 37.3 Å². The van der Waals surface area contributed by atoms with E-state index in [0.717, 1.165) is 65.4 Å². The summed E-state index contributed by atoms with van der Waals surface area (Å²) in [5.41, 5.74) is 4.20. The molecule has 1 N–H and O–H groups in total. The van der Waals surface area contributed by atoms with Crippen molar-refractivity contribution in [3.8, 4) is 10.6 Å². The lowest BCUT2D eigenvalue weighted by Crippen LogP contribution is -2.35. The van der Waals surface area contributed by atoms with E-state index in [2.05, 4.69) is 62.5 Å². The monoisotopic (exact) mass is 435 g/mol. The fourth-order valence-electron chi connectivity index (χ4n) is 3.69. The summed E-state index contributed by atoms with van der Waals surface area (Å²) in [7, 11) is 0. The van der Waals surface area contributed by atoms with E-state index in [9.17, 15) is 0 Å². The van der Waals surface area contributed by atoms with Crippen LogP contribution in [0.1, 0.15) is 30.3 Å². The molecule has 0 spiro atoms. The first kappa shape index (κ1) is 20.0. The van der Waals surface area contributed by atoms with Crippen LogP contribution in [0.4, 0.5) is 11.5 Å². The summed E-state index contributed by atoms with van der Waals surface area (Å²) in [6, 6.07) is 10.3. The second kappa shape index (κ2) is 8.70. The third-order valence-electron chi connectivity index (χ3n) is 5.34. The summed E-state index contributed by atoms with van der Waals surface area (Å²) in [4.78, 5) is 6.95. The number of rotatable bonds is 6. The number of anilines is 2. The molecule has 1 fully saturated rings. The zero-order valence-corrected chi connectivity index (χ0v) is 18.5. The first-order valence-corrected chi connectivity index (χ1v) is 11.3. The van der Waals surface area contributed by atoms with Crippen LogP contribution in [0.25, 0.3) is 16.1 Å². The highest BCUT2D eigenvalue weighted by molar-refractivity contribution is 7.14. The van der Waals surface area contributed by atoms with Crippen LogP contribution in [-0.2, 0) is 11.3 Å². The highest BCUT2D eigenvalue weighted by Gasteiger charge is 2.16. The molecule has 1 saturated heterocycles. The van der Waals surface area contributed by atoms with Gasteiger partial charge in [0.25, 0.3) is 0 Å². The van der Waals surface area contributed by atoms with Gasteiger partial charge in [0.1, 0.15) is 21.9 Å². The maximum atomic E-state index is 5.48. The van der Waals surface area contributed by atoms with Crippen LogP contribution in [0, 0.1) is 0 Å². The molecule has 0 unspecified atom stereocenters. The summed E-state index contributed by atoms with van der Waals surface area (Å²) in [5, 5.41) is 18.5. The lowest BCUT2D eigenvalue weighted by atomic mass is 10.2. The molecule has 0 radical (unpaired) electrons. The van der Waals surface area contributed by atoms with Crippen molar-refractivity contribution in [2.45, 2.75) is 26.3 Å². The Morgan fingerprint density at radius 3 is 2.84 bits per heavy atom. The van der Waals surface area contributed by atoms with Crippen molar-refractivity contribution in [2.75, 3.05) is 31.6 Å². The average Bonchev–Trinajstić information content (AvgIpc) is 3.43. The average molecular weight is 436 g/mol. The Morgan fingerprint density at radius 2 is 2.03 bits per heavy atom.